The second-order valence-corrected chi connectivity index (χ2v) is 5.41. The van der Waals surface area contributed by atoms with Crippen LogP contribution >= 0.6 is 39.1 Å². The highest BCUT2D eigenvalue weighted by Gasteiger charge is 2.07. The first kappa shape index (κ1) is 13.4. The predicted molar refractivity (Wildman–Crippen MR) is 78.6 cm³/mol. The van der Waals surface area contributed by atoms with Crippen molar-refractivity contribution in [2.45, 2.75) is 0 Å². The Labute approximate surface area is 123 Å². The number of nitrogens with one attached hydrogen (secondary N) is 1. The molecule has 0 aromatic heterocycles. The van der Waals surface area contributed by atoms with Gasteiger partial charge in [-0.3, -0.25) is 4.79 Å². The van der Waals surface area contributed by atoms with Crippen LogP contribution in [-0.4, -0.2) is 5.91 Å². The van der Waals surface area contributed by atoms with Gasteiger partial charge >= 0.3 is 0 Å². The number of hydrogen-bond acceptors (Lipinski definition) is 1. The summed E-state index contributed by atoms with van der Waals surface area (Å²) in [7, 11) is 0. The minimum Gasteiger partial charge on any atom is -0.322 e. The summed E-state index contributed by atoms with van der Waals surface area (Å²) in [5, 5.41) is 3.70. The van der Waals surface area contributed by atoms with E-state index >= 15 is 0 Å². The van der Waals surface area contributed by atoms with E-state index in [2.05, 4.69) is 21.2 Å². The van der Waals surface area contributed by atoms with E-state index < -0.39 is 0 Å². The van der Waals surface area contributed by atoms with Crippen LogP contribution in [0.3, 0.4) is 0 Å². The normalized spacial score (nSPS) is 10.2. The number of carbonyl (C=O) groups is 1. The van der Waals surface area contributed by atoms with E-state index in [9.17, 15) is 4.79 Å². The summed E-state index contributed by atoms with van der Waals surface area (Å²) < 4.78 is 0.847. The van der Waals surface area contributed by atoms with Gasteiger partial charge in [0.15, 0.2) is 0 Å². The van der Waals surface area contributed by atoms with Gasteiger partial charge in [-0.2, -0.15) is 0 Å². The second kappa shape index (κ2) is 5.74. The lowest BCUT2D eigenvalue weighted by molar-refractivity contribution is 0.102. The molecule has 2 rings (SSSR count). The Morgan fingerprint density at radius 2 is 1.72 bits per heavy atom. The van der Waals surface area contributed by atoms with Crippen molar-refractivity contribution in [1.82, 2.24) is 0 Å². The molecule has 0 radical (unpaired) electrons. The first-order valence-electron chi connectivity index (χ1n) is 5.07. The quantitative estimate of drug-likeness (QED) is 0.815. The third-order valence-corrected chi connectivity index (χ3v) is 3.14. The molecule has 0 aliphatic carbocycles. The van der Waals surface area contributed by atoms with Crippen molar-refractivity contribution in [1.29, 1.82) is 0 Å². The van der Waals surface area contributed by atoms with Gasteiger partial charge in [0, 0.05) is 25.8 Å². The number of anilines is 1. The number of halogens is 3. The summed E-state index contributed by atoms with van der Waals surface area (Å²) in [6, 6.07) is 12.0. The highest BCUT2D eigenvalue weighted by molar-refractivity contribution is 9.10. The van der Waals surface area contributed by atoms with E-state index in [0.29, 0.717) is 21.3 Å². The average Bonchev–Trinajstić information content (AvgIpc) is 2.27. The molecule has 2 aromatic carbocycles. The summed E-state index contributed by atoms with van der Waals surface area (Å²) in [6.45, 7) is 0. The lowest BCUT2D eigenvalue weighted by Gasteiger charge is -2.06. The maximum absolute atomic E-state index is 12.0. The molecule has 0 saturated heterocycles. The van der Waals surface area contributed by atoms with Gasteiger partial charge in [0.2, 0.25) is 0 Å². The van der Waals surface area contributed by atoms with E-state index in [1.807, 2.05) is 6.07 Å². The molecule has 0 saturated carbocycles. The van der Waals surface area contributed by atoms with Gasteiger partial charge in [-0.15, -0.1) is 0 Å². The van der Waals surface area contributed by atoms with Crippen LogP contribution in [0.4, 0.5) is 5.69 Å². The Balaban J connectivity index is 2.21. The standard InChI is InChI=1S/C13H8BrCl2NO/c14-9-3-1-2-8(4-9)13(18)17-12-6-10(15)5-11(16)7-12/h1-7H,(H,17,18). The minimum absolute atomic E-state index is 0.213. The van der Waals surface area contributed by atoms with Crippen molar-refractivity contribution >= 4 is 50.7 Å². The van der Waals surface area contributed by atoms with Gasteiger partial charge in [-0.05, 0) is 36.4 Å². The number of benzene rings is 2. The Morgan fingerprint density at radius 3 is 2.33 bits per heavy atom. The van der Waals surface area contributed by atoms with E-state index in [0.717, 1.165) is 4.47 Å². The summed E-state index contributed by atoms with van der Waals surface area (Å²) in [6.07, 6.45) is 0. The van der Waals surface area contributed by atoms with Crippen LogP contribution in [-0.2, 0) is 0 Å². The Morgan fingerprint density at radius 1 is 1.06 bits per heavy atom. The number of amides is 1. The Kier molecular flexibility index (Phi) is 4.27. The van der Waals surface area contributed by atoms with E-state index in [4.69, 9.17) is 23.2 Å². The molecule has 0 bridgehead atoms. The fourth-order valence-corrected chi connectivity index (χ4v) is 2.38. The van der Waals surface area contributed by atoms with Gasteiger partial charge in [-0.1, -0.05) is 45.2 Å². The van der Waals surface area contributed by atoms with Crippen molar-refractivity contribution < 1.29 is 4.79 Å². The SMILES string of the molecule is O=C(Nc1cc(Cl)cc(Cl)c1)c1cccc(Br)c1. The van der Waals surface area contributed by atoms with Crippen LogP contribution in [0.2, 0.25) is 10.0 Å². The molecule has 2 nitrogen and oxygen atoms in total. The molecule has 0 heterocycles. The lowest BCUT2D eigenvalue weighted by atomic mass is 10.2. The molecule has 92 valence electrons. The maximum atomic E-state index is 12.0. The van der Waals surface area contributed by atoms with E-state index in [1.165, 1.54) is 0 Å². The third-order valence-electron chi connectivity index (χ3n) is 2.21. The van der Waals surface area contributed by atoms with Gasteiger partial charge in [0.25, 0.3) is 5.91 Å². The second-order valence-electron chi connectivity index (χ2n) is 3.62. The van der Waals surface area contributed by atoms with Gasteiger partial charge in [0.1, 0.15) is 0 Å². The highest BCUT2D eigenvalue weighted by Crippen LogP contribution is 2.23. The first-order valence-corrected chi connectivity index (χ1v) is 6.62. The maximum Gasteiger partial charge on any atom is 0.255 e. The van der Waals surface area contributed by atoms with Crippen LogP contribution in [0.1, 0.15) is 10.4 Å². The van der Waals surface area contributed by atoms with Crippen molar-refractivity contribution in [3.8, 4) is 0 Å². The van der Waals surface area contributed by atoms with Crippen LogP contribution in [0.25, 0.3) is 0 Å². The molecule has 18 heavy (non-hydrogen) atoms. The van der Waals surface area contributed by atoms with Gasteiger partial charge < -0.3 is 5.32 Å². The van der Waals surface area contributed by atoms with Crippen molar-refractivity contribution in [2.75, 3.05) is 5.32 Å². The zero-order chi connectivity index (χ0) is 13.1. The molecule has 0 aliphatic heterocycles. The number of hydrogen-bond donors (Lipinski definition) is 1. The largest absolute Gasteiger partial charge is 0.322 e. The molecular weight excluding hydrogens is 337 g/mol. The fraction of sp³-hybridized carbons (Fsp3) is 0. The smallest absolute Gasteiger partial charge is 0.255 e. The summed E-state index contributed by atoms with van der Waals surface area (Å²) in [5.74, 6) is -0.213. The van der Waals surface area contributed by atoms with Crippen LogP contribution in [0, 0.1) is 0 Å². The molecule has 1 amide bonds. The van der Waals surface area contributed by atoms with Gasteiger partial charge in [0.05, 0.1) is 0 Å². The van der Waals surface area contributed by atoms with Crippen molar-refractivity contribution in [3.05, 3.63) is 62.5 Å². The minimum atomic E-state index is -0.213. The predicted octanol–water partition coefficient (Wildman–Crippen LogP) is 5.01. The van der Waals surface area contributed by atoms with Crippen LogP contribution < -0.4 is 5.32 Å². The summed E-state index contributed by atoms with van der Waals surface area (Å²) in [5.41, 5.74) is 1.12. The third kappa shape index (κ3) is 3.48. The molecule has 0 spiro atoms. The molecule has 0 aliphatic rings. The molecule has 1 N–H and O–H groups in total. The number of carbonyl (C=O) groups excluding carboxylic acids is 1. The van der Waals surface area contributed by atoms with Crippen LogP contribution in [0.5, 0.6) is 0 Å². The molecule has 0 unspecified atom stereocenters. The molecule has 5 heteroatoms. The molecule has 0 atom stereocenters. The zero-order valence-corrected chi connectivity index (χ0v) is 12.2. The zero-order valence-electron chi connectivity index (χ0n) is 9.08. The van der Waals surface area contributed by atoms with Crippen molar-refractivity contribution in [2.24, 2.45) is 0 Å². The van der Waals surface area contributed by atoms with Crippen LogP contribution in [0.15, 0.2) is 46.9 Å². The first-order chi connectivity index (χ1) is 8.54. The van der Waals surface area contributed by atoms with Crippen molar-refractivity contribution in [3.63, 3.8) is 0 Å². The molecular formula is C13H8BrCl2NO. The highest BCUT2D eigenvalue weighted by atomic mass is 79.9. The topological polar surface area (TPSA) is 29.1 Å². The monoisotopic (exact) mass is 343 g/mol. The number of rotatable bonds is 2. The Bertz CT molecular complexity index is 581. The molecule has 0 fully saturated rings. The van der Waals surface area contributed by atoms with Gasteiger partial charge in [-0.25, -0.2) is 0 Å². The average molecular weight is 345 g/mol. The summed E-state index contributed by atoms with van der Waals surface area (Å²) >= 11 is 15.0. The Hall–Kier alpha value is -1.03. The van der Waals surface area contributed by atoms with E-state index in [-0.39, 0.29) is 5.91 Å². The summed E-state index contributed by atoms with van der Waals surface area (Å²) in [4.78, 5) is 12.0. The molecule has 2 aromatic rings. The lowest BCUT2D eigenvalue weighted by Crippen LogP contribution is -2.11. The fourth-order valence-electron chi connectivity index (χ4n) is 1.46. The van der Waals surface area contributed by atoms with E-state index in [1.54, 1.807) is 36.4 Å².